The molecule has 4 aliphatic heterocycles. The molecule has 8 rings (SSSR count). The zero-order chi connectivity index (χ0) is 48.4. The third-order valence-corrected chi connectivity index (χ3v) is 14.1. The Labute approximate surface area is 465 Å². The van der Waals surface area contributed by atoms with E-state index in [1.165, 1.54) is 16.0 Å². The van der Waals surface area contributed by atoms with Crippen LogP contribution >= 0.6 is 67.5 Å². The molecule has 2 aromatic carbocycles. The molecule has 6 heterocycles. The maximum absolute atomic E-state index is 14.8. The Morgan fingerprint density at radius 2 is 1.71 bits per heavy atom. The topological polar surface area (TPSA) is 165 Å². The van der Waals surface area contributed by atoms with Crippen molar-refractivity contribution in [2.75, 3.05) is 53.6 Å². The predicted octanol–water partition coefficient (Wildman–Crippen LogP) is 6.45. The van der Waals surface area contributed by atoms with E-state index < -0.39 is 47.2 Å². The first kappa shape index (κ1) is 63.1. The zero-order valence-corrected chi connectivity index (χ0v) is 48.1. The van der Waals surface area contributed by atoms with Gasteiger partial charge in [0.25, 0.3) is 5.91 Å². The van der Waals surface area contributed by atoms with Crippen molar-refractivity contribution >= 4 is 108 Å². The van der Waals surface area contributed by atoms with Crippen LogP contribution in [0.4, 0.5) is 0 Å². The van der Waals surface area contributed by atoms with E-state index in [4.69, 9.17) is 19.2 Å². The van der Waals surface area contributed by atoms with Gasteiger partial charge in [-0.25, -0.2) is 5.43 Å². The molecule has 2 aromatic heterocycles. The number of hydrogen-bond acceptors (Lipinski definition) is 10. The second-order valence-corrected chi connectivity index (χ2v) is 20.2. The van der Waals surface area contributed by atoms with Crippen LogP contribution in [-0.4, -0.2) is 126 Å². The summed E-state index contributed by atoms with van der Waals surface area (Å²) in [6, 6.07) is 15.9. The summed E-state index contributed by atoms with van der Waals surface area (Å²) in [4.78, 5) is 77.5. The molecule has 5 atom stereocenters. The number of likely N-dealkylation sites (N-methyl/N-ethyl adjacent to an activating group) is 1. The molecule has 0 spiro atoms. The van der Waals surface area contributed by atoms with Gasteiger partial charge < -0.3 is 33.9 Å². The lowest BCUT2D eigenvalue weighted by Gasteiger charge is -2.37. The number of cyclic esters (lactones) is 1. The summed E-state index contributed by atoms with van der Waals surface area (Å²) in [5, 5.41) is 5.58. The predicted molar refractivity (Wildman–Crippen MR) is 310 cm³/mol. The third-order valence-electron chi connectivity index (χ3n) is 14.1. The number of hydrogen-bond donors (Lipinski definition) is 2. The smallest absolute Gasteiger partial charge is 0.324 e. The SMILES string of the molecule is C=CC(=O)N1CC[C@H](C(=O)N(C)[C@H](C(=O)N[C@H]2Cc3cccc(c3)-c3ccc4c(c3)c(c(-c3cccnc3[C@H](C)OC)n4CC3COC3)CC(C)(C)COC(=O)[C@@H]3CCCN(N3)C2=O)C(C)C)C1.S.S.S.S.S. The number of likely N-dealkylation sites (tertiary alicyclic amines) is 1. The fourth-order valence-corrected chi connectivity index (χ4v) is 10.4. The van der Waals surface area contributed by atoms with Gasteiger partial charge in [-0.1, -0.05) is 64.6 Å². The van der Waals surface area contributed by atoms with Crippen molar-refractivity contribution in [2.24, 2.45) is 23.2 Å². The molecule has 4 aliphatic rings. The Hall–Kier alpha value is -4.15. The number of aromatic nitrogens is 2. The summed E-state index contributed by atoms with van der Waals surface area (Å²) in [5.41, 5.74) is 10.4. The lowest BCUT2D eigenvalue weighted by atomic mass is 9.84. The van der Waals surface area contributed by atoms with Gasteiger partial charge in [0.05, 0.1) is 43.2 Å². The van der Waals surface area contributed by atoms with E-state index in [1.54, 1.807) is 25.3 Å². The van der Waals surface area contributed by atoms with E-state index in [1.807, 2.05) is 39.0 Å². The number of hydrazine groups is 1. The summed E-state index contributed by atoms with van der Waals surface area (Å²) < 4.78 is 20.1. The summed E-state index contributed by atoms with van der Waals surface area (Å²) in [5.74, 6) is -2.25. The summed E-state index contributed by atoms with van der Waals surface area (Å²) in [6.07, 6.45) is 4.98. The molecule has 0 aliphatic carbocycles. The van der Waals surface area contributed by atoms with Gasteiger partial charge in [-0.2, -0.15) is 67.5 Å². The van der Waals surface area contributed by atoms with Gasteiger partial charge in [0.15, 0.2) is 0 Å². The van der Waals surface area contributed by atoms with Crippen molar-refractivity contribution in [1.82, 2.24) is 35.1 Å². The lowest BCUT2D eigenvalue weighted by molar-refractivity contribution is -0.155. The number of carbonyl (C=O) groups is 5. The number of nitrogens with one attached hydrogen (secondary N) is 2. The maximum Gasteiger partial charge on any atom is 0.324 e. The fourth-order valence-electron chi connectivity index (χ4n) is 10.4. The van der Waals surface area contributed by atoms with Crippen LogP contribution in [0.2, 0.25) is 0 Å². The first-order valence-electron chi connectivity index (χ1n) is 24.1. The highest BCUT2D eigenvalue weighted by Gasteiger charge is 2.40. The average Bonchev–Trinajstić information content (AvgIpc) is 3.93. The van der Waals surface area contributed by atoms with Gasteiger partial charge in [-0.15, -0.1) is 0 Å². The molecule has 3 fully saturated rings. The fraction of sp³-hybridized carbons (Fsp3) is 0.509. The van der Waals surface area contributed by atoms with Crippen LogP contribution in [0.3, 0.4) is 0 Å². The molecule has 15 nitrogen and oxygen atoms in total. The quantitative estimate of drug-likeness (QED) is 0.126. The van der Waals surface area contributed by atoms with Crippen LogP contribution in [0.15, 0.2) is 73.4 Å². The van der Waals surface area contributed by atoms with E-state index in [-0.39, 0.29) is 111 Å². The Morgan fingerprint density at radius 1 is 0.986 bits per heavy atom. The number of benzene rings is 2. The third kappa shape index (κ3) is 13.8. The molecule has 0 saturated carbocycles. The monoisotopic (exact) mass is 1100 g/mol. The Bertz CT molecular complexity index is 2590. The highest BCUT2D eigenvalue weighted by Crippen LogP contribution is 2.43. The molecule has 6 bridgehead atoms. The Morgan fingerprint density at radius 3 is 2.38 bits per heavy atom. The molecule has 20 heteroatoms. The van der Waals surface area contributed by atoms with Crippen LogP contribution in [0.1, 0.15) is 76.8 Å². The van der Waals surface area contributed by atoms with Crippen molar-refractivity contribution in [2.45, 2.75) is 97.5 Å². The zero-order valence-electron chi connectivity index (χ0n) is 43.1. The van der Waals surface area contributed by atoms with Crippen LogP contribution in [0, 0.1) is 23.2 Å². The molecule has 4 amide bonds. The Balaban J connectivity index is 0.00000281. The van der Waals surface area contributed by atoms with Gasteiger partial charge >= 0.3 is 5.97 Å². The van der Waals surface area contributed by atoms with E-state index in [0.717, 1.165) is 56.7 Å². The normalized spacial score (nSPS) is 20.5. The number of amides is 4. The first-order chi connectivity index (χ1) is 32.6. The van der Waals surface area contributed by atoms with Crippen LogP contribution in [0.5, 0.6) is 0 Å². The number of nitrogens with zero attached hydrogens (tertiary/aromatic N) is 5. The van der Waals surface area contributed by atoms with Crippen LogP contribution < -0.4 is 10.7 Å². The number of ether oxygens (including phenoxy) is 3. The molecular weight excluding hydrogens is 1020 g/mol. The van der Waals surface area contributed by atoms with E-state index in [2.05, 4.69) is 72.1 Å². The number of rotatable bonds is 11. The highest BCUT2D eigenvalue weighted by molar-refractivity contribution is 7.60. The van der Waals surface area contributed by atoms with Crippen molar-refractivity contribution < 1.29 is 38.2 Å². The van der Waals surface area contributed by atoms with Crippen molar-refractivity contribution in [3.63, 3.8) is 0 Å². The minimum absolute atomic E-state index is 0. The largest absolute Gasteiger partial charge is 0.464 e. The number of pyridine rings is 1. The number of fused-ring (bicyclic) bond motifs is 6. The number of carbonyl (C=O) groups excluding carboxylic acids is 5. The van der Waals surface area contributed by atoms with Crippen LogP contribution in [-0.2, 0) is 57.6 Å². The molecule has 0 radical (unpaired) electrons. The van der Waals surface area contributed by atoms with Crippen LogP contribution in [0.25, 0.3) is 33.3 Å². The maximum atomic E-state index is 14.8. The molecule has 73 heavy (non-hydrogen) atoms. The van der Waals surface area contributed by atoms with Crippen molar-refractivity contribution in [1.29, 1.82) is 0 Å². The summed E-state index contributed by atoms with van der Waals surface area (Å²) in [6.45, 7) is 16.8. The summed E-state index contributed by atoms with van der Waals surface area (Å²) in [7, 11) is 3.31. The lowest BCUT2D eigenvalue weighted by Crippen LogP contribution is -2.62. The van der Waals surface area contributed by atoms with Crippen molar-refractivity contribution in [3.05, 3.63) is 90.3 Å². The number of esters is 1. The van der Waals surface area contributed by atoms with Crippen molar-refractivity contribution in [3.8, 4) is 22.4 Å². The van der Waals surface area contributed by atoms with Gasteiger partial charge in [0.2, 0.25) is 17.7 Å². The van der Waals surface area contributed by atoms with E-state index >= 15 is 0 Å². The molecule has 0 unspecified atom stereocenters. The van der Waals surface area contributed by atoms with Gasteiger partial charge in [-0.3, -0.25) is 34.0 Å². The molecule has 2 N–H and O–H groups in total. The van der Waals surface area contributed by atoms with Gasteiger partial charge in [-0.05, 0) is 91.1 Å². The molecule has 402 valence electrons. The summed E-state index contributed by atoms with van der Waals surface area (Å²) >= 11 is 0. The van der Waals surface area contributed by atoms with Gasteiger partial charge in [0, 0.05) is 80.8 Å². The average molecular weight is 1100 g/mol. The van der Waals surface area contributed by atoms with Gasteiger partial charge in [0.1, 0.15) is 18.1 Å². The van der Waals surface area contributed by atoms with E-state index in [9.17, 15) is 24.0 Å². The van der Waals surface area contributed by atoms with E-state index in [0.29, 0.717) is 57.9 Å². The Kier molecular flexibility index (Phi) is 23.4. The second kappa shape index (κ2) is 27.1. The molecule has 3 saturated heterocycles. The number of methoxy groups -OCH3 is 1. The second-order valence-electron chi connectivity index (χ2n) is 20.2. The molecular formula is C53H77N7O8S5. The standard InChI is InChI=1S/C53H67N7O8.5H2S/c1-9-45(61)58-22-19-38(28-58)50(63)57(7)47(32(2)3)49(62)55-43-24-34-13-10-14-36(23-34)37-17-18-44-40(25-37)41(26-53(5,6)31-68-52(65)42-16-12-21-60(56-42)51(43)64)48(59(44)27-35-29-67-30-35)39-15-11-20-54-46(39)33(4)66-8;;;;;/h9-11,13-15,17-18,20,23,25,32-33,35,38,42-43,47,56H,1,12,16,19,21-22,24,26-31H2,2-8H3,(H,55,62);5*1H2/t33-,38-,42-,43-,47-;;;;;/m0...../s1. The minimum atomic E-state index is -1.06. The molecule has 4 aromatic rings. The highest BCUT2D eigenvalue weighted by atomic mass is 32.1. The first-order valence-corrected chi connectivity index (χ1v) is 24.1. The minimum Gasteiger partial charge on any atom is -0.464 e.